The molecule has 0 spiro atoms. The van der Waals surface area contributed by atoms with Crippen LogP contribution in [0.15, 0.2) is 24.3 Å². The van der Waals surface area contributed by atoms with E-state index >= 15 is 0 Å². The summed E-state index contributed by atoms with van der Waals surface area (Å²) < 4.78 is 0. The highest BCUT2D eigenvalue weighted by molar-refractivity contribution is 5.90. The highest BCUT2D eigenvalue weighted by Crippen LogP contribution is 2.33. The van der Waals surface area contributed by atoms with Crippen LogP contribution in [0.5, 0.6) is 0 Å². The predicted octanol–water partition coefficient (Wildman–Crippen LogP) is 2.30. The first kappa shape index (κ1) is 12.4. The summed E-state index contributed by atoms with van der Waals surface area (Å²) >= 11 is 0. The van der Waals surface area contributed by atoms with Crippen LogP contribution in [0.2, 0.25) is 0 Å². The molecule has 0 aromatic heterocycles. The molecule has 3 nitrogen and oxygen atoms in total. The van der Waals surface area contributed by atoms with E-state index in [2.05, 4.69) is 12.1 Å². The van der Waals surface area contributed by atoms with E-state index in [1.165, 1.54) is 11.1 Å². The second-order valence-electron chi connectivity index (χ2n) is 5.55. The van der Waals surface area contributed by atoms with Gasteiger partial charge in [0.25, 0.3) is 0 Å². The Hall–Kier alpha value is -1.64. The number of carbonyl (C=O) groups is 2. The minimum absolute atomic E-state index is 0.0316. The first-order valence-electron chi connectivity index (χ1n) is 7.14. The maximum absolute atomic E-state index is 12.6. The number of rotatable bonds is 1. The number of ketones is 1. The number of aryl methyl sites for hydroxylation is 1. The Morgan fingerprint density at radius 3 is 2.84 bits per heavy atom. The molecule has 1 atom stereocenters. The summed E-state index contributed by atoms with van der Waals surface area (Å²) in [6.45, 7) is 1.06. The molecule has 3 heteroatoms. The van der Waals surface area contributed by atoms with Crippen molar-refractivity contribution in [2.24, 2.45) is 0 Å². The van der Waals surface area contributed by atoms with E-state index < -0.39 is 0 Å². The number of piperidine rings is 1. The normalized spacial score (nSPS) is 23.1. The SMILES string of the molecule is O=C1CCCN(C(=O)C2CCCc3ccccc32)C1. The van der Waals surface area contributed by atoms with Crippen LogP contribution >= 0.6 is 0 Å². The molecule has 1 unspecified atom stereocenters. The van der Waals surface area contributed by atoms with Gasteiger partial charge in [0.2, 0.25) is 5.91 Å². The number of Topliss-reactive ketones (excluding diaryl/α,β-unsaturated/α-hetero) is 1. The van der Waals surface area contributed by atoms with Crippen LogP contribution in [-0.2, 0) is 16.0 Å². The molecule has 0 N–H and O–H groups in total. The lowest BCUT2D eigenvalue weighted by molar-refractivity contribution is -0.139. The van der Waals surface area contributed by atoms with Crippen LogP contribution in [0, 0.1) is 0 Å². The summed E-state index contributed by atoms with van der Waals surface area (Å²) in [6.07, 6.45) is 4.50. The predicted molar refractivity (Wildman–Crippen MR) is 72.9 cm³/mol. The van der Waals surface area contributed by atoms with Crippen molar-refractivity contribution in [3.05, 3.63) is 35.4 Å². The van der Waals surface area contributed by atoms with Crippen molar-refractivity contribution in [3.8, 4) is 0 Å². The quantitative estimate of drug-likeness (QED) is 0.774. The third-order valence-corrected chi connectivity index (χ3v) is 4.23. The highest BCUT2D eigenvalue weighted by atomic mass is 16.2. The Bertz CT molecular complexity index is 509. The Labute approximate surface area is 113 Å². The number of nitrogens with zero attached hydrogens (tertiary/aromatic N) is 1. The molecular weight excluding hydrogens is 238 g/mol. The lowest BCUT2D eigenvalue weighted by atomic mass is 9.82. The second kappa shape index (κ2) is 5.16. The molecule has 1 saturated heterocycles. The summed E-state index contributed by atoms with van der Waals surface area (Å²) in [5.41, 5.74) is 2.48. The van der Waals surface area contributed by atoms with Gasteiger partial charge in [0.15, 0.2) is 5.78 Å². The zero-order valence-electron chi connectivity index (χ0n) is 11.1. The van der Waals surface area contributed by atoms with Gasteiger partial charge >= 0.3 is 0 Å². The average Bonchev–Trinajstić information content (AvgIpc) is 2.46. The summed E-state index contributed by atoms with van der Waals surface area (Å²) in [7, 11) is 0. The van der Waals surface area contributed by atoms with Gasteiger partial charge in [-0.2, -0.15) is 0 Å². The van der Waals surface area contributed by atoms with Gasteiger partial charge in [-0.1, -0.05) is 24.3 Å². The largest absolute Gasteiger partial charge is 0.335 e. The number of benzene rings is 1. The third kappa shape index (κ3) is 2.42. The fraction of sp³-hybridized carbons (Fsp3) is 0.500. The highest BCUT2D eigenvalue weighted by Gasteiger charge is 2.31. The summed E-state index contributed by atoms with van der Waals surface area (Å²) in [5.74, 6) is 0.319. The van der Waals surface area contributed by atoms with Gasteiger partial charge in [0, 0.05) is 13.0 Å². The van der Waals surface area contributed by atoms with Crippen LogP contribution in [0.3, 0.4) is 0 Å². The molecule has 1 aliphatic heterocycles. The topological polar surface area (TPSA) is 37.4 Å². The number of fused-ring (bicyclic) bond motifs is 1. The van der Waals surface area contributed by atoms with E-state index in [1.807, 2.05) is 12.1 Å². The van der Waals surface area contributed by atoms with E-state index in [4.69, 9.17) is 0 Å². The molecule has 1 aliphatic carbocycles. The van der Waals surface area contributed by atoms with Gasteiger partial charge in [-0.15, -0.1) is 0 Å². The third-order valence-electron chi connectivity index (χ3n) is 4.23. The Morgan fingerprint density at radius 2 is 2.00 bits per heavy atom. The second-order valence-corrected chi connectivity index (χ2v) is 5.55. The fourth-order valence-corrected chi connectivity index (χ4v) is 3.26. The standard InChI is InChI=1S/C16H19NO2/c18-13-7-4-10-17(11-13)16(19)15-9-3-6-12-5-1-2-8-14(12)15/h1-2,5,8,15H,3-4,6-7,9-11H2. The van der Waals surface area contributed by atoms with E-state index in [1.54, 1.807) is 4.90 Å². The molecule has 1 amide bonds. The van der Waals surface area contributed by atoms with Crippen molar-refractivity contribution < 1.29 is 9.59 Å². The van der Waals surface area contributed by atoms with E-state index in [9.17, 15) is 9.59 Å². The molecular formula is C16H19NO2. The van der Waals surface area contributed by atoms with Crippen LogP contribution in [0.25, 0.3) is 0 Å². The smallest absolute Gasteiger partial charge is 0.230 e. The zero-order valence-corrected chi connectivity index (χ0v) is 11.1. The van der Waals surface area contributed by atoms with Crippen molar-refractivity contribution in [1.29, 1.82) is 0 Å². The molecule has 0 bridgehead atoms. The van der Waals surface area contributed by atoms with Gasteiger partial charge in [-0.3, -0.25) is 9.59 Å². The monoisotopic (exact) mass is 257 g/mol. The maximum Gasteiger partial charge on any atom is 0.230 e. The number of likely N-dealkylation sites (tertiary alicyclic amines) is 1. The van der Waals surface area contributed by atoms with Crippen molar-refractivity contribution in [2.75, 3.05) is 13.1 Å². The van der Waals surface area contributed by atoms with Crippen molar-refractivity contribution >= 4 is 11.7 Å². The van der Waals surface area contributed by atoms with Crippen LogP contribution in [0.1, 0.15) is 42.7 Å². The minimum atomic E-state index is -0.0316. The zero-order chi connectivity index (χ0) is 13.2. The van der Waals surface area contributed by atoms with E-state index in [0.29, 0.717) is 13.0 Å². The van der Waals surface area contributed by atoms with Crippen molar-refractivity contribution in [3.63, 3.8) is 0 Å². The van der Waals surface area contributed by atoms with Gasteiger partial charge < -0.3 is 4.90 Å². The molecule has 1 fully saturated rings. The molecule has 19 heavy (non-hydrogen) atoms. The van der Waals surface area contributed by atoms with Crippen molar-refractivity contribution in [2.45, 2.75) is 38.0 Å². The van der Waals surface area contributed by atoms with E-state index in [0.717, 1.165) is 32.2 Å². The maximum atomic E-state index is 12.6. The van der Waals surface area contributed by atoms with Crippen molar-refractivity contribution in [1.82, 2.24) is 4.90 Å². The first-order valence-corrected chi connectivity index (χ1v) is 7.14. The molecule has 0 radical (unpaired) electrons. The molecule has 1 heterocycles. The van der Waals surface area contributed by atoms with Gasteiger partial charge in [-0.25, -0.2) is 0 Å². The van der Waals surface area contributed by atoms with E-state index in [-0.39, 0.29) is 17.6 Å². The number of hydrogen-bond acceptors (Lipinski definition) is 2. The molecule has 1 aromatic rings. The molecule has 3 rings (SSSR count). The summed E-state index contributed by atoms with van der Waals surface area (Å²) in [6, 6.07) is 8.24. The molecule has 2 aliphatic rings. The molecule has 0 saturated carbocycles. The number of hydrogen-bond donors (Lipinski definition) is 0. The minimum Gasteiger partial charge on any atom is -0.335 e. The van der Waals surface area contributed by atoms with Crippen LogP contribution in [0.4, 0.5) is 0 Å². The molecule has 1 aromatic carbocycles. The Kier molecular flexibility index (Phi) is 3.36. The Balaban J connectivity index is 1.83. The lowest BCUT2D eigenvalue weighted by Gasteiger charge is -2.32. The average molecular weight is 257 g/mol. The van der Waals surface area contributed by atoms with Gasteiger partial charge in [0.1, 0.15) is 0 Å². The summed E-state index contributed by atoms with van der Waals surface area (Å²) in [4.78, 5) is 25.9. The fourth-order valence-electron chi connectivity index (χ4n) is 3.26. The molecule has 100 valence electrons. The van der Waals surface area contributed by atoms with Crippen LogP contribution < -0.4 is 0 Å². The lowest BCUT2D eigenvalue weighted by Crippen LogP contribution is -2.43. The van der Waals surface area contributed by atoms with Gasteiger partial charge in [-0.05, 0) is 36.8 Å². The van der Waals surface area contributed by atoms with Crippen LogP contribution in [-0.4, -0.2) is 29.7 Å². The number of amides is 1. The summed E-state index contributed by atoms with van der Waals surface area (Å²) in [5, 5.41) is 0. The number of carbonyl (C=O) groups excluding carboxylic acids is 2. The first-order chi connectivity index (χ1) is 9.25. The van der Waals surface area contributed by atoms with Gasteiger partial charge in [0.05, 0.1) is 12.5 Å². The Morgan fingerprint density at radius 1 is 1.16 bits per heavy atom.